The van der Waals surface area contributed by atoms with E-state index in [-0.39, 0.29) is 33.1 Å². The first-order chi connectivity index (χ1) is 11.8. The summed E-state index contributed by atoms with van der Waals surface area (Å²) in [4.78, 5) is 0.152. The maximum absolute atomic E-state index is 13.5. The number of thiophene rings is 1. The van der Waals surface area contributed by atoms with Gasteiger partial charge in [-0.2, -0.15) is 23.7 Å². The molecule has 2 heterocycles. The van der Waals surface area contributed by atoms with Crippen molar-refractivity contribution in [2.24, 2.45) is 5.73 Å². The van der Waals surface area contributed by atoms with E-state index in [4.69, 9.17) is 16.7 Å². The molecular formula is C16H10F3N5S. The Kier molecular flexibility index (Phi) is 3.82. The van der Waals surface area contributed by atoms with Crippen LogP contribution in [-0.4, -0.2) is 0 Å². The molecule has 1 aromatic heterocycles. The SMILES string of the molecule is N#CC1=C(N)Nc2sc(C#N)c(N)c2C1c1ccccc1C(F)(F)F. The maximum Gasteiger partial charge on any atom is 0.416 e. The summed E-state index contributed by atoms with van der Waals surface area (Å²) in [6.45, 7) is 0. The van der Waals surface area contributed by atoms with E-state index in [1.54, 1.807) is 0 Å². The molecule has 0 spiro atoms. The molecule has 1 aromatic carbocycles. The van der Waals surface area contributed by atoms with Gasteiger partial charge in [-0.3, -0.25) is 0 Å². The Bertz CT molecular complexity index is 975. The average molecular weight is 361 g/mol. The lowest BCUT2D eigenvalue weighted by atomic mass is 9.81. The van der Waals surface area contributed by atoms with Gasteiger partial charge in [-0.05, 0) is 11.6 Å². The van der Waals surface area contributed by atoms with Crippen LogP contribution in [0.1, 0.15) is 27.5 Å². The zero-order valence-electron chi connectivity index (χ0n) is 12.5. The number of nitrogens with two attached hydrogens (primary N) is 2. The third-order valence-electron chi connectivity index (χ3n) is 3.90. The number of nitrogen functional groups attached to an aromatic ring is 1. The van der Waals surface area contributed by atoms with Crippen molar-refractivity contribution in [1.82, 2.24) is 0 Å². The molecule has 25 heavy (non-hydrogen) atoms. The lowest BCUT2D eigenvalue weighted by Gasteiger charge is -2.27. The van der Waals surface area contributed by atoms with Gasteiger partial charge in [0.25, 0.3) is 0 Å². The van der Waals surface area contributed by atoms with Gasteiger partial charge in [0.15, 0.2) is 0 Å². The molecule has 126 valence electrons. The Labute approximate surface area is 144 Å². The van der Waals surface area contributed by atoms with Gasteiger partial charge in [-0.25, -0.2) is 0 Å². The highest BCUT2D eigenvalue weighted by Crippen LogP contribution is 2.50. The Morgan fingerprint density at radius 2 is 1.80 bits per heavy atom. The van der Waals surface area contributed by atoms with Gasteiger partial charge in [-0.15, -0.1) is 11.3 Å². The number of nitriles is 2. The number of nitrogens with zero attached hydrogens (tertiary/aromatic N) is 2. The van der Waals surface area contributed by atoms with E-state index in [1.807, 2.05) is 12.1 Å². The lowest BCUT2D eigenvalue weighted by molar-refractivity contribution is -0.138. The van der Waals surface area contributed by atoms with Crippen LogP contribution in [0.5, 0.6) is 0 Å². The van der Waals surface area contributed by atoms with E-state index < -0.39 is 17.7 Å². The zero-order valence-corrected chi connectivity index (χ0v) is 13.3. The molecule has 1 unspecified atom stereocenters. The minimum atomic E-state index is -4.61. The van der Waals surface area contributed by atoms with Crippen LogP contribution in [0.15, 0.2) is 35.7 Å². The van der Waals surface area contributed by atoms with Gasteiger partial charge in [0.05, 0.1) is 28.8 Å². The minimum absolute atomic E-state index is 0.0530. The first-order valence-corrected chi connectivity index (χ1v) is 7.76. The highest BCUT2D eigenvalue weighted by atomic mass is 32.1. The molecule has 5 N–H and O–H groups in total. The summed E-state index contributed by atoms with van der Waals surface area (Å²) in [5.74, 6) is -1.15. The average Bonchev–Trinajstić information content (AvgIpc) is 2.88. The summed E-state index contributed by atoms with van der Waals surface area (Å²) in [5, 5.41) is 21.7. The smallest absolute Gasteiger partial charge is 0.397 e. The predicted molar refractivity (Wildman–Crippen MR) is 87.2 cm³/mol. The number of rotatable bonds is 1. The molecule has 0 radical (unpaired) electrons. The number of nitrogens with one attached hydrogen (secondary N) is 1. The largest absolute Gasteiger partial charge is 0.416 e. The number of benzene rings is 1. The Hall–Kier alpha value is -3.17. The van der Waals surface area contributed by atoms with Gasteiger partial charge in [0.2, 0.25) is 0 Å². The fourth-order valence-electron chi connectivity index (χ4n) is 2.85. The summed E-state index contributed by atoms with van der Waals surface area (Å²) < 4.78 is 40.4. The number of halogens is 3. The number of allylic oxidation sites excluding steroid dienone is 1. The molecule has 5 nitrogen and oxygen atoms in total. The summed E-state index contributed by atoms with van der Waals surface area (Å²) in [6, 6.07) is 8.72. The lowest BCUT2D eigenvalue weighted by Crippen LogP contribution is -2.24. The summed E-state index contributed by atoms with van der Waals surface area (Å²) in [5.41, 5.74) is 11.1. The molecule has 0 fully saturated rings. The van der Waals surface area contributed by atoms with Gasteiger partial charge in [-0.1, -0.05) is 18.2 Å². The maximum atomic E-state index is 13.5. The Morgan fingerprint density at radius 1 is 1.12 bits per heavy atom. The molecule has 1 aliphatic rings. The third kappa shape index (κ3) is 2.55. The normalized spacial score (nSPS) is 16.6. The number of hydrogen-bond acceptors (Lipinski definition) is 6. The van der Waals surface area contributed by atoms with Gasteiger partial charge >= 0.3 is 6.18 Å². The number of alkyl halides is 3. The van der Waals surface area contributed by atoms with E-state index >= 15 is 0 Å². The van der Waals surface area contributed by atoms with Crippen molar-refractivity contribution < 1.29 is 13.2 Å². The molecule has 0 amide bonds. The van der Waals surface area contributed by atoms with Gasteiger partial charge in [0, 0.05) is 5.56 Å². The van der Waals surface area contributed by atoms with E-state index in [2.05, 4.69) is 5.32 Å². The van der Waals surface area contributed by atoms with Gasteiger partial charge in [0.1, 0.15) is 21.8 Å². The molecule has 9 heteroatoms. The summed E-state index contributed by atoms with van der Waals surface area (Å²) in [6.07, 6.45) is -4.61. The second kappa shape index (κ2) is 5.72. The van der Waals surface area contributed by atoms with E-state index in [1.165, 1.54) is 18.2 Å². The third-order valence-corrected chi connectivity index (χ3v) is 4.94. The monoisotopic (exact) mass is 361 g/mol. The van der Waals surface area contributed by atoms with Crippen LogP contribution in [0, 0.1) is 22.7 Å². The topological polar surface area (TPSA) is 112 Å². The number of hydrogen-bond donors (Lipinski definition) is 3. The molecule has 1 aliphatic heterocycles. The summed E-state index contributed by atoms with van der Waals surface area (Å²) >= 11 is 0.988. The van der Waals surface area contributed by atoms with Crippen molar-refractivity contribution in [2.75, 3.05) is 11.1 Å². The van der Waals surface area contributed by atoms with Crippen LogP contribution in [-0.2, 0) is 6.18 Å². The zero-order chi connectivity index (χ0) is 18.4. The molecule has 3 rings (SSSR count). The molecule has 0 saturated carbocycles. The highest BCUT2D eigenvalue weighted by molar-refractivity contribution is 7.17. The second-order valence-electron chi connectivity index (χ2n) is 5.28. The van der Waals surface area contributed by atoms with Crippen LogP contribution in [0.2, 0.25) is 0 Å². The van der Waals surface area contributed by atoms with Crippen molar-refractivity contribution in [3.05, 3.63) is 57.2 Å². The van der Waals surface area contributed by atoms with Crippen molar-refractivity contribution >= 4 is 22.0 Å². The van der Waals surface area contributed by atoms with E-state index in [0.717, 1.165) is 17.4 Å². The first kappa shape index (κ1) is 16.7. The van der Waals surface area contributed by atoms with Crippen LogP contribution in [0.3, 0.4) is 0 Å². The van der Waals surface area contributed by atoms with E-state index in [9.17, 15) is 18.4 Å². The molecule has 0 saturated heterocycles. The first-order valence-electron chi connectivity index (χ1n) is 6.94. The summed E-state index contributed by atoms with van der Waals surface area (Å²) in [7, 11) is 0. The van der Waals surface area contributed by atoms with Crippen molar-refractivity contribution in [3.8, 4) is 12.1 Å². The Morgan fingerprint density at radius 3 is 2.40 bits per heavy atom. The predicted octanol–water partition coefficient (Wildman–Crippen LogP) is 3.47. The fourth-order valence-corrected chi connectivity index (χ4v) is 3.82. The molecule has 0 aliphatic carbocycles. The van der Waals surface area contributed by atoms with Gasteiger partial charge < -0.3 is 16.8 Å². The van der Waals surface area contributed by atoms with Crippen molar-refractivity contribution in [1.29, 1.82) is 10.5 Å². The quantitative estimate of drug-likeness (QED) is 0.720. The van der Waals surface area contributed by atoms with Crippen LogP contribution >= 0.6 is 11.3 Å². The van der Waals surface area contributed by atoms with Crippen molar-refractivity contribution in [3.63, 3.8) is 0 Å². The van der Waals surface area contributed by atoms with Crippen LogP contribution in [0.4, 0.5) is 23.9 Å². The number of fused-ring (bicyclic) bond motifs is 1. The molecule has 1 atom stereocenters. The highest BCUT2D eigenvalue weighted by Gasteiger charge is 2.40. The standard InChI is InChI=1S/C16H10F3N5S/c17-16(18,19)9-4-2-1-3-7(9)11-8(5-20)14(23)24-15-12(11)13(22)10(6-21)25-15/h1-4,11,24H,22-23H2. The molecule has 0 bridgehead atoms. The Balaban J connectivity index is 2.35. The minimum Gasteiger partial charge on any atom is -0.397 e. The van der Waals surface area contributed by atoms with Crippen LogP contribution < -0.4 is 16.8 Å². The van der Waals surface area contributed by atoms with E-state index in [0.29, 0.717) is 5.00 Å². The number of anilines is 2. The van der Waals surface area contributed by atoms with Crippen LogP contribution in [0.25, 0.3) is 0 Å². The second-order valence-corrected chi connectivity index (χ2v) is 6.30. The fraction of sp³-hybridized carbons (Fsp3) is 0.125. The molecule has 2 aromatic rings. The van der Waals surface area contributed by atoms with Crippen molar-refractivity contribution in [2.45, 2.75) is 12.1 Å². The molecular weight excluding hydrogens is 351 g/mol.